The molecular formula is C42H51ClN4O5S. The van der Waals surface area contributed by atoms with E-state index in [9.17, 15) is 13.8 Å². The number of anilines is 1. The van der Waals surface area contributed by atoms with E-state index in [1.807, 2.05) is 44.6 Å². The number of carbonyl (C=O) groups excluding carboxylic acids is 2. The number of amides is 1. The molecule has 2 fully saturated rings. The number of allylic oxidation sites excluding steroid dienone is 1. The molecule has 5 aliphatic rings. The molecule has 2 bridgehead atoms. The first-order chi connectivity index (χ1) is 25.5. The Labute approximate surface area is 318 Å². The maximum Gasteiger partial charge on any atom is 0.285 e. The summed E-state index contributed by atoms with van der Waals surface area (Å²) in [5.74, 6) is 1.24. The topological polar surface area (TPSA) is 103 Å². The van der Waals surface area contributed by atoms with E-state index < -0.39 is 15.6 Å². The Bertz CT molecular complexity index is 2050. The second-order valence-corrected chi connectivity index (χ2v) is 19.3. The Morgan fingerprint density at radius 2 is 2.06 bits per heavy atom. The van der Waals surface area contributed by atoms with E-state index >= 15 is 0 Å². The summed E-state index contributed by atoms with van der Waals surface area (Å²) in [4.78, 5) is 30.1. The van der Waals surface area contributed by atoms with Crippen molar-refractivity contribution in [2.24, 2.45) is 35.1 Å². The van der Waals surface area contributed by atoms with Gasteiger partial charge in [0.2, 0.25) is 0 Å². The second-order valence-electron chi connectivity index (χ2n) is 16.5. The summed E-state index contributed by atoms with van der Waals surface area (Å²) in [6.07, 6.45) is 15.2. The van der Waals surface area contributed by atoms with Gasteiger partial charge in [-0.1, -0.05) is 36.7 Å². The lowest BCUT2D eigenvalue weighted by Gasteiger charge is -2.46. The fourth-order valence-corrected chi connectivity index (χ4v) is 12.1. The van der Waals surface area contributed by atoms with E-state index in [0.717, 1.165) is 73.6 Å². The molecule has 8 atom stereocenters. The normalized spacial score (nSPS) is 33.1. The van der Waals surface area contributed by atoms with Crippen LogP contribution < -0.4 is 9.64 Å². The lowest BCUT2D eigenvalue weighted by molar-refractivity contribution is -0.117. The van der Waals surface area contributed by atoms with E-state index in [-0.39, 0.29) is 46.6 Å². The monoisotopic (exact) mass is 758 g/mol. The number of hydrogen-bond donors (Lipinski definition) is 0. The molecule has 2 aromatic carbocycles. The van der Waals surface area contributed by atoms with Crippen molar-refractivity contribution in [3.05, 3.63) is 88.2 Å². The Morgan fingerprint density at radius 3 is 2.83 bits per heavy atom. The van der Waals surface area contributed by atoms with Crippen LogP contribution in [-0.4, -0.2) is 70.1 Å². The first-order valence-electron chi connectivity index (χ1n) is 19.3. The van der Waals surface area contributed by atoms with Gasteiger partial charge in [-0.05, 0) is 122 Å². The van der Waals surface area contributed by atoms with Crippen LogP contribution in [0.3, 0.4) is 0 Å². The summed E-state index contributed by atoms with van der Waals surface area (Å²) in [7, 11) is 0.475. The van der Waals surface area contributed by atoms with Gasteiger partial charge in [0.1, 0.15) is 11.5 Å². The summed E-state index contributed by atoms with van der Waals surface area (Å²) in [5, 5.41) is 5.03. The quantitative estimate of drug-likeness (QED) is 0.239. The third-order valence-corrected chi connectivity index (χ3v) is 15.1. The van der Waals surface area contributed by atoms with E-state index in [4.69, 9.17) is 21.1 Å². The minimum atomic E-state index is -3.20. The lowest BCUT2D eigenvalue weighted by atomic mass is 9.68. The number of rotatable bonds is 6. The number of methoxy groups -OCH3 is 1. The van der Waals surface area contributed by atoms with Crippen LogP contribution in [0, 0.1) is 23.7 Å². The first-order valence-corrected chi connectivity index (χ1v) is 21.5. The number of hydrogen-bond acceptors (Lipinski definition) is 7. The van der Waals surface area contributed by atoms with E-state index in [0.29, 0.717) is 36.8 Å². The molecule has 1 amide bonds. The van der Waals surface area contributed by atoms with Gasteiger partial charge in [-0.3, -0.25) is 14.3 Å². The summed E-state index contributed by atoms with van der Waals surface area (Å²) >= 11 is 6.47. The number of benzene rings is 2. The molecule has 11 heteroatoms. The van der Waals surface area contributed by atoms with Crippen LogP contribution in [0.4, 0.5) is 5.69 Å². The minimum absolute atomic E-state index is 0.0297. The Morgan fingerprint density at radius 1 is 1.19 bits per heavy atom. The van der Waals surface area contributed by atoms with Gasteiger partial charge >= 0.3 is 0 Å². The van der Waals surface area contributed by atoms with Gasteiger partial charge in [0.05, 0.1) is 40.1 Å². The molecule has 3 aliphatic carbocycles. The highest BCUT2D eigenvalue weighted by Gasteiger charge is 2.45. The van der Waals surface area contributed by atoms with Crippen LogP contribution in [0.25, 0.3) is 0 Å². The molecule has 0 N–H and O–H groups in total. The standard InChI is InChI=1S/C42H51ClN4O5S/c1-27-6-4-8-39(51-3)35-12-9-30(35)22-47-25-42(15-5-7-28-16-33(43)11-13-37(28)42)26-52-40-14-10-29(19-38(40)47)41(49)45-53(50,23-27)24-34(48)17-31-18-36(31)32-20-44-46(2)21-32/h4,8,10-11,13-14,16,19-21,27,30-31,35-36,39H,5-7,9,12,15,17-18,22-26H2,1-3H3/b8-4+/t27-,30-,31-,35+,36-,39-,42-,53+/m0/s1. The molecule has 53 heavy (non-hydrogen) atoms. The van der Waals surface area contributed by atoms with Gasteiger partial charge in [0.15, 0.2) is 0 Å². The summed E-state index contributed by atoms with van der Waals surface area (Å²) in [6, 6.07) is 11.8. The zero-order chi connectivity index (χ0) is 36.9. The number of fused-ring (bicyclic) bond motifs is 4. The van der Waals surface area contributed by atoms with Crippen LogP contribution in [0.2, 0.25) is 5.02 Å². The van der Waals surface area contributed by atoms with Gasteiger partial charge in [-0.15, -0.1) is 0 Å². The smallest absolute Gasteiger partial charge is 0.285 e. The SMILES string of the molecule is CO[C@H]1/C=C/C[C@H](C)C[S@@](=O)(CC(=O)C[C@H]2C[C@@H]2c2cnn(C)c2)=NC(=O)c2ccc3c(c2)N(C[C@@H]2CC[C@H]21)C[C@@]1(CCCc2cc(Cl)ccc21)CO3. The molecule has 1 spiro atoms. The van der Waals surface area contributed by atoms with Crippen LogP contribution in [-0.2, 0) is 38.1 Å². The van der Waals surface area contributed by atoms with E-state index in [1.165, 1.54) is 11.1 Å². The molecule has 9 nitrogen and oxygen atoms in total. The van der Waals surface area contributed by atoms with Crippen LogP contribution in [0.5, 0.6) is 5.75 Å². The predicted octanol–water partition coefficient (Wildman–Crippen LogP) is 7.55. The van der Waals surface area contributed by atoms with Gasteiger partial charge in [0, 0.05) is 61.6 Å². The number of carbonyl (C=O) groups is 2. The highest BCUT2D eigenvalue weighted by Crippen LogP contribution is 2.50. The summed E-state index contributed by atoms with van der Waals surface area (Å²) in [5.41, 5.74) is 4.68. The average molecular weight is 759 g/mol. The van der Waals surface area contributed by atoms with Gasteiger partial charge in [-0.2, -0.15) is 9.46 Å². The zero-order valence-electron chi connectivity index (χ0n) is 31.0. The lowest BCUT2D eigenvalue weighted by Crippen LogP contribution is -2.49. The number of nitrogens with zero attached hydrogens (tertiary/aromatic N) is 4. The van der Waals surface area contributed by atoms with Crippen molar-refractivity contribution in [3.63, 3.8) is 0 Å². The fourth-order valence-electron chi connectivity index (χ4n) is 9.59. The van der Waals surface area contributed by atoms with Crippen LogP contribution >= 0.6 is 11.6 Å². The molecule has 8 rings (SSSR count). The molecule has 0 saturated heterocycles. The minimum Gasteiger partial charge on any atom is -0.490 e. The number of ketones is 1. The Balaban J connectivity index is 1.13. The maximum atomic E-state index is 14.7. The maximum absolute atomic E-state index is 14.7. The summed E-state index contributed by atoms with van der Waals surface area (Å²) < 4.78 is 33.7. The molecule has 2 aliphatic heterocycles. The molecule has 0 radical (unpaired) electrons. The van der Waals surface area contributed by atoms with Crippen molar-refractivity contribution in [1.82, 2.24) is 9.78 Å². The Hall–Kier alpha value is -3.47. The molecule has 282 valence electrons. The van der Waals surface area contributed by atoms with Crippen molar-refractivity contribution < 1.29 is 23.3 Å². The molecule has 1 aromatic heterocycles. The van der Waals surface area contributed by atoms with Crippen molar-refractivity contribution in [3.8, 4) is 5.75 Å². The number of halogens is 1. The van der Waals surface area contributed by atoms with E-state index in [1.54, 1.807) is 17.9 Å². The third kappa shape index (κ3) is 7.61. The molecular weight excluding hydrogens is 708 g/mol. The number of aryl methyl sites for hydroxylation is 2. The number of aromatic nitrogens is 2. The first kappa shape index (κ1) is 36.5. The third-order valence-electron chi connectivity index (χ3n) is 12.5. The molecule has 3 aromatic rings. The fraction of sp³-hybridized carbons (Fsp3) is 0.548. The molecule has 3 heterocycles. The molecule has 2 saturated carbocycles. The van der Waals surface area contributed by atoms with Gasteiger partial charge in [0.25, 0.3) is 5.91 Å². The van der Waals surface area contributed by atoms with Crippen LogP contribution in [0.15, 0.2) is 65.3 Å². The highest BCUT2D eigenvalue weighted by molar-refractivity contribution is 7.94. The number of Topliss-reactive ketones (excluding diaryl/α,β-unsaturated/α-hetero) is 1. The van der Waals surface area contributed by atoms with Crippen molar-refractivity contribution in [2.75, 3.05) is 43.2 Å². The molecule has 0 unspecified atom stereocenters. The second kappa shape index (κ2) is 14.6. The predicted molar refractivity (Wildman–Crippen MR) is 208 cm³/mol. The van der Waals surface area contributed by atoms with Crippen molar-refractivity contribution in [1.29, 1.82) is 0 Å². The van der Waals surface area contributed by atoms with Crippen LogP contribution in [0.1, 0.15) is 84.8 Å². The largest absolute Gasteiger partial charge is 0.490 e. The van der Waals surface area contributed by atoms with Gasteiger partial charge < -0.3 is 14.4 Å². The van der Waals surface area contributed by atoms with Crippen molar-refractivity contribution >= 4 is 38.7 Å². The number of ether oxygens (including phenoxy) is 2. The van der Waals surface area contributed by atoms with E-state index in [2.05, 4.69) is 38.6 Å². The summed E-state index contributed by atoms with van der Waals surface area (Å²) in [6.45, 7) is 4.09. The highest BCUT2D eigenvalue weighted by atomic mass is 35.5. The Kier molecular flexibility index (Phi) is 10.1. The average Bonchev–Trinajstić information content (AvgIpc) is 3.76. The zero-order valence-corrected chi connectivity index (χ0v) is 32.6. The van der Waals surface area contributed by atoms with Crippen molar-refractivity contribution in [2.45, 2.75) is 75.7 Å². The van der Waals surface area contributed by atoms with Gasteiger partial charge in [-0.25, -0.2) is 4.21 Å².